The average Bonchev–Trinajstić information content (AvgIpc) is 2.60. The number of hydrogen-bond donors (Lipinski definition) is 5. The minimum Gasteiger partial charge on any atom is -0.496 e. The van der Waals surface area contributed by atoms with Crippen LogP contribution in [0.2, 0.25) is 0 Å². The summed E-state index contributed by atoms with van der Waals surface area (Å²) in [5, 5.41) is 60.3. The van der Waals surface area contributed by atoms with E-state index in [0.29, 0.717) is 5.56 Å². The highest BCUT2D eigenvalue weighted by atomic mass is 16.7. The smallest absolute Gasteiger partial charge is 0.235 e. The summed E-state index contributed by atoms with van der Waals surface area (Å²) in [4.78, 5) is 9.74. The monoisotopic (exact) mass is 357 g/mol. The van der Waals surface area contributed by atoms with E-state index in [2.05, 4.69) is 0 Å². The van der Waals surface area contributed by atoms with Crippen LogP contribution < -0.4 is 4.74 Å². The predicted octanol–water partition coefficient (Wildman–Crippen LogP) is -1.44. The van der Waals surface area contributed by atoms with Gasteiger partial charge < -0.3 is 35.0 Å². The molecule has 0 radical (unpaired) electrons. The van der Waals surface area contributed by atoms with Crippen molar-refractivity contribution in [1.82, 2.24) is 0 Å². The summed E-state index contributed by atoms with van der Waals surface area (Å²) in [6, 6.07) is 4.05. The van der Waals surface area contributed by atoms with E-state index in [4.69, 9.17) is 9.47 Å². The molecule has 0 amide bonds. The number of ether oxygens (including phenoxy) is 2. The number of aliphatic hydroxyl groups excluding tert-OH is 4. The van der Waals surface area contributed by atoms with Gasteiger partial charge in [0.1, 0.15) is 30.2 Å². The van der Waals surface area contributed by atoms with Crippen LogP contribution in [0.25, 0.3) is 6.08 Å². The molecule has 0 bridgehead atoms. The molecule has 1 aliphatic rings. The molecular weight excluding hydrogens is 338 g/mol. The highest BCUT2D eigenvalue weighted by Gasteiger charge is 2.54. The zero-order valence-electron chi connectivity index (χ0n) is 13.2. The molecule has 0 spiro atoms. The first-order valence-electron chi connectivity index (χ1n) is 7.30. The zero-order chi connectivity index (χ0) is 18.8. The Kier molecular flexibility index (Phi) is 5.72. The molecule has 0 aromatic heterocycles. The van der Waals surface area contributed by atoms with Crippen LogP contribution in [0.1, 0.15) is 11.1 Å². The fraction of sp³-hybridized carbons (Fsp3) is 0.467. The Morgan fingerprint density at radius 1 is 1.36 bits per heavy atom. The standard InChI is InChI=1S/C15H19NO9/c1-24-10-6-8(4-5-16(22)23)2-3-9(10)15(21)14(20)13(19)12(18)11(7-17)25-15/h2-6,11-14,17-21H,7H2,1H3/t11-,12-,13+,14-,15-/m1/s1. The Bertz CT molecular complexity index is 662. The molecule has 2 rings (SSSR count). The van der Waals surface area contributed by atoms with Crippen LogP contribution in [-0.4, -0.2) is 68.6 Å². The van der Waals surface area contributed by atoms with Gasteiger partial charge in [0.15, 0.2) is 0 Å². The largest absolute Gasteiger partial charge is 0.496 e. The van der Waals surface area contributed by atoms with Crippen molar-refractivity contribution in [1.29, 1.82) is 0 Å². The molecule has 5 atom stereocenters. The first-order chi connectivity index (χ1) is 11.7. The number of benzene rings is 1. The lowest BCUT2D eigenvalue weighted by Crippen LogP contribution is -2.63. The molecule has 25 heavy (non-hydrogen) atoms. The second kappa shape index (κ2) is 7.44. The third kappa shape index (κ3) is 3.63. The van der Waals surface area contributed by atoms with Crippen LogP contribution >= 0.6 is 0 Å². The summed E-state index contributed by atoms with van der Waals surface area (Å²) in [6.45, 7) is -0.709. The molecule has 0 aliphatic carbocycles. The van der Waals surface area contributed by atoms with E-state index in [9.17, 15) is 35.6 Å². The molecule has 5 N–H and O–H groups in total. The van der Waals surface area contributed by atoms with Crippen LogP contribution in [0, 0.1) is 10.1 Å². The minimum absolute atomic E-state index is 0.0207. The summed E-state index contributed by atoms with van der Waals surface area (Å²) in [7, 11) is 1.27. The fourth-order valence-corrected chi connectivity index (χ4v) is 2.63. The molecule has 1 heterocycles. The quantitative estimate of drug-likeness (QED) is 0.314. The number of nitrogens with zero attached hydrogens (tertiary/aromatic N) is 1. The van der Waals surface area contributed by atoms with E-state index >= 15 is 0 Å². The summed E-state index contributed by atoms with van der Waals surface area (Å²) < 4.78 is 10.4. The first-order valence-corrected chi connectivity index (χ1v) is 7.30. The minimum atomic E-state index is -2.47. The molecule has 0 unspecified atom stereocenters. The van der Waals surface area contributed by atoms with E-state index in [0.717, 1.165) is 6.20 Å². The fourth-order valence-electron chi connectivity index (χ4n) is 2.63. The highest BCUT2D eigenvalue weighted by Crippen LogP contribution is 2.40. The second-order valence-electron chi connectivity index (χ2n) is 5.52. The summed E-state index contributed by atoms with van der Waals surface area (Å²) in [5.74, 6) is -2.45. The van der Waals surface area contributed by atoms with Crippen molar-refractivity contribution in [3.05, 3.63) is 45.6 Å². The van der Waals surface area contributed by atoms with Crippen LogP contribution in [0.3, 0.4) is 0 Å². The number of nitro groups is 1. The van der Waals surface area contributed by atoms with Crippen molar-refractivity contribution in [3.63, 3.8) is 0 Å². The molecule has 1 aliphatic heterocycles. The number of hydrogen-bond acceptors (Lipinski definition) is 9. The maximum Gasteiger partial charge on any atom is 0.235 e. The molecule has 0 saturated carbocycles. The Labute approximate surface area is 142 Å². The van der Waals surface area contributed by atoms with Crippen molar-refractivity contribution in [3.8, 4) is 5.75 Å². The third-order valence-corrected chi connectivity index (χ3v) is 3.97. The summed E-state index contributed by atoms with van der Waals surface area (Å²) in [5.41, 5.74) is 0.302. The van der Waals surface area contributed by atoms with Gasteiger partial charge in [-0.25, -0.2) is 0 Å². The Balaban J connectivity index is 2.46. The second-order valence-corrected chi connectivity index (χ2v) is 5.52. The molecule has 10 nitrogen and oxygen atoms in total. The Morgan fingerprint density at radius 2 is 2.04 bits per heavy atom. The van der Waals surface area contributed by atoms with Gasteiger partial charge in [-0.15, -0.1) is 0 Å². The van der Waals surface area contributed by atoms with Gasteiger partial charge in [0.05, 0.1) is 24.2 Å². The van der Waals surface area contributed by atoms with Gasteiger partial charge in [-0.1, -0.05) is 6.07 Å². The van der Waals surface area contributed by atoms with Crippen LogP contribution in [0.4, 0.5) is 0 Å². The predicted molar refractivity (Wildman–Crippen MR) is 82.9 cm³/mol. The molecule has 1 aromatic carbocycles. The van der Waals surface area contributed by atoms with Crippen molar-refractivity contribution in [2.75, 3.05) is 13.7 Å². The van der Waals surface area contributed by atoms with Crippen LogP contribution in [-0.2, 0) is 10.5 Å². The van der Waals surface area contributed by atoms with Gasteiger partial charge in [0, 0.05) is 6.08 Å². The van der Waals surface area contributed by atoms with Gasteiger partial charge in [-0.2, -0.15) is 0 Å². The molecular formula is C15H19NO9. The lowest BCUT2D eigenvalue weighted by Gasteiger charge is -2.45. The lowest BCUT2D eigenvalue weighted by atomic mass is 9.87. The highest BCUT2D eigenvalue weighted by molar-refractivity contribution is 5.54. The normalized spacial score (nSPS) is 32.7. The SMILES string of the molecule is COc1cc(C=C[N+](=O)[O-])ccc1[C@@]1(O)O[C@H](CO)[C@@H](O)[C@H](O)[C@H]1O. The molecule has 138 valence electrons. The maximum atomic E-state index is 10.8. The number of aliphatic hydroxyl groups is 5. The zero-order valence-corrected chi connectivity index (χ0v) is 13.2. The molecule has 1 saturated heterocycles. The number of rotatable bonds is 5. The molecule has 1 fully saturated rings. The molecule has 10 heteroatoms. The van der Waals surface area contributed by atoms with Gasteiger partial charge in [0.25, 0.3) is 0 Å². The van der Waals surface area contributed by atoms with E-state index in [1.165, 1.54) is 31.4 Å². The van der Waals surface area contributed by atoms with E-state index in [1.807, 2.05) is 0 Å². The van der Waals surface area contributed by atoms with E-state index in [-0.39, 0.29) is 11.3 Å². The first kappa shape index (κ1) is 19.2. The lowest BCUT2D eigenvalue weighted by molar-refractivity contribution is -0.400. The Morgan fingerprint density at radius 3 is 2.60 bits per heavy atom. The van der Waals surface area contributed by atoms with Crippen LogP contribution in [0.5, 0.6) is 5.75 Å². The number of methoxy groups -OCH3 is 1. The average molecular weight is 357 g/mol. The van der Waals surface area contributed by atoms with E-state index in [1.54, 1.807) is 0 Å². The summed E-state index contributed by atoms with van der Waals surface area (Å²) >= 11 is 0. The van der Waals surface area contributed by atoms with Crippen LogP contribution in [0.15, 0.2) is 24.4 Å². The van der Waals surface area contributed by atoms with Gasteiger partial charge in [-0.05, 0) is 17.7 Å². The summed E-state index contributed by atoms with van der Waals surface area (Å²) in [6.07, 6.45) is -4.74. The van der Waals surface area contributed by atoms with Crippen molar-refractivity contribution in [2.24, 2.45) is 0 Å². The Hall–Kier alpha value is -2.08. The topological polar surface area (TPSA) is 163 Å². The van der Waals surface area contributed by atoms with Crippen molar-refractivity contribution in [2.45, 2.75) is 30.2 Å². The van der Waals surface area contributed by atoms with Gasteiger partial charge >= 0.3 is 0 Å². The van der Waals surface area contributed by atoms with Crippen molar-refractivity contribution >= 4 is 6.08 Å². The van der Waals surface area contributed by atoms with Gasteiger partial charge in [-0.3, -0.25) is 10.1 Å². The third-order valence-electron chi connectivity index (χ3n) is 3.97. The molecule has 1 aromatic rings. The van der Waals surface area contributed by atoms with Gasteiger partial charge in [0.2, 0.25) is 12.0 Å². The van der Waals surface area contributed by atoms with E-state index < -0.39 is 41.7 Å². The van der Waals surface area contributed by atoms with Crippen molar-refractivity contribution < 1.29 is 39.9 Å². The maximum absolute atomic E-state index is 10.8.